The van der Waals surface area contributed by atoms with Gasteiger partial charge in [-0.2, -0.15) is 5.10 Å². The van der Waals surface area contributed by atoms with Gasteiger partial charge in [-0.15, -0.1) is 0 Å². The van der Waals surface area contributed by atoms with Gasteiger partial charge in [0.2, 0.25) is 0 Å². The number of aliphatic hydroxyl groups is 1. The molecule has 0 saturated carbocycles. The van der Waals surface area contributed by atoms with Gasteiger partial charge in [-0.1, -0.05) is 30.3 Å². The molecule has 6 nitrogen and oxygen atoms in total. The Labute approximate surface area is 164 Å². The minimum Gasteiger partial charge on any atom is -0.392 e. The van der Waals surface area contributed by atoms with Gasteiger partial charge in [0.25, 0.3) is 0 Å². The molecule has 28 heavy (non-hydrogen) atoms. The molecule has 0 unspecified atom stereocenters. The fourth-order valence-electron chi connectivity index (χ4n) is 3.95. The number of nitrogens with zero attached hydrogens (tertiary/aromatic N) is 3. The van der Waals surface area contributed by atoms with Gasteiger partial charge in [-0.25, -0.2) is 4.79 Å². The van der Waals surface area contributed by atoms with Crippen molar-refractivity contribution in [2.45, 2.75) is 25.4 Å². The smallest absolute Gasteiger partial charge is 0.321 e. The number of amides is 2. The van der Waals surface area contributed by atoms with Gasteiger partial charge in [0.05, 0.1) is 17.8 Å². The van der Waals surface area contributed by atoms with E-state index in [2.05, 4.69) is 10.4 Å². The minimum absolute atomic E-state index is 0.0840. The van der Waals surface area contributed by atoms with Crippen LogP contribution in [0.25, 0.3) is 10.9 Å². The van der Waals surface area contributed by atoms with Crippen LogP contribution in [0.1, 0.15) is 18.4 Å². The van der Waals surface area contributed by atoms with Crippen LogP contribution in [-0.4, -0.2) is 45.0 Å². The molecule has 0 radical (unpaired) electrons. The number of nitrogens with one attached hydrogen (secondary N) is 1. The van der Waals surface area contributed by atoms with Gasteiger partial charge < -0.3 is 15.3 Å². The van der Waals surface area contributed by atoms with Gasteiger partial charge in [-0.3, -0.25) is 4.68 Å². The zero-order valence-electron chi connectivity index (χ0n) is 16.1. The summed E-state index contributed by atoms with van der Waals surface area (Å²) in [5, 5.41) is 18.8. The number of benzene rings is 2. The molecule has 0 spiro atoms. The summed E-state index contributed by atoms with van der Waals surface area (Å²) in [7, 11) is 1.90. The van der Waals surface area contributed by atoms with Gasteiger partial charge in [-0.05, 0) is 48.9 Å². The van der Waals surface area contributed by atoms with E-state index in [1.165, 1.54) is 0 Å². The maximum absolute atomic E-state index is 12.6. The Morgan fingerprint density at radius 3 is 2.71 bits per heavy atom. The summed E-state index contributed by atoms with van der Waals surface area (Å²) >= 11 is 0. The normalized spacial score (nSPS) is 16.3. The monoisotopic (exact) mass is 378 g/mol. The Morgan fingerprint density at radius 1 is 1.21 bits per heavy atom. The van der Waals surface area contributed by atoms with Crippen LogP contribution in [0.5, 0.6) is 0 Å². The van der Waals surface area contributed by atoms with Crippen LogP contribution in [0, 0.1) is 5.92 Å². The van der Waals surface area contributed by atoms with Crippen molar-refractivity contribution in [2.75, 3.05) is 18.4 Å². The quantitative estimate of drug-likeness (QED) is 0.731. The number of carbonyl (C=O) groups is 1. The molecule has 6 heteroatoms. The van der Waals surface area contributed by atoms with Crippen molar-refractivity contribution in [2.24, 2.45) is 13.0 Å². The lowest BCUT2D eigenvalue weighted by Crippen LogP contribution is -2.43. The topological polar surface area (TPSA) is 70.4 Å². The number of aliphatic hydroxyl groups excluding tert-OH is 1. The molecule has 4 rings (SSSR count). The van der Waals surface area contributed by atoms with Gasteiger partial charge in [0.15, 0.2) is 0 Å². The predicted molar refractivity (Wildman–Crippen MR) is 110 cm³/mol. The van der Waals surface area contributed by atoms with Crippen LogP contribution in [-0.2, 0) is 13.5 Å². The maximum Gasteiger partial charge on any atom is 0.321 e. The van der Waals surface area contributed by atoms with Crippen molar-refractivity contribution in [3.05, 3.63) is 60.3 Å². The molecule has 0 aliphatic carbocycles. The molecule has 1 aliphatic heterocycles. The van der Waals surface area contributed by atoms with Crippen LogP contribution in [0.15, 0.2) is 54.7 Å². The number of carbonyl (C=O) groups excluding carboxylic acids is 1. The SMILES string of the molecule is Cn1ncc2cc(NC(=O)N3CCC([C@@H](O)Cc4ccccc4)CC3)ccc21. The van der Waals surface area contributed by atoms with Crippen LogP contribution in [0.2, 0.25) is 0 Å². The van der Waals surface area contributed by atoms with E-state index in [1.54, 1.807) is 6.20 Å². The molecule has 146 valence electrons. The molecule has 2 amide bonds. The number of aromatic nitrogens is 2. The van der Waals surface area contributed by atoms with Gasteiger partial charge in [0, 0.05) is 31.2 Å². The summed E-state index contributed by atoms with van der Waals surface area (Å²) in [5.41, 5.74) is 2.96. The van der Waals surface area contributed by atoms with Crippen molar-refractivity contribution in [3.63, 3.8) is 0 Å². The zero-order valence-corrected chi connectivity index (χ0v) is 16.1. The molecular weight excluding hydrogens is 352 g/mol. The molecular formula is C22H26N4O2. The zero-order chi connectivity index (χ0) is 19.5. The number of rotatable bonds is 4. The lowest BCUT2D eigenvalue weighted by Gasteiger charge is -2.34. The molecule has 0 bridgehead atoms. The highest BCUT2D eigenvalue weighted by Crippen LogP contribution is 2.24. The van der Waals surface area contributed by atoms with E-state index in [4.69, 9.17) is 0 Å². The molecule has 2 heterocycles. The average Bonchev–Trinajstić information content (AvgIpc) is 3.09. The molecule has 1 saturated heterocycles. The highest BCUT2D eigenvalue weighted by Gasteiger charge is 2.27. The van der Waals surface area contributed by atoms with Crippen molar-refractivity contribution in [1.29, 1.82) is 0 Å². The molecule has 1 atom stereocenters. The minimum atomic E-state index is -0.361. The average molecular weight is 378 g/mol. The third-order valence-electron chi connectivity index (χ3n) is 5.66. The molecule has 1 aliphatic rings. The van der Waals surface area contributed by atoms with E-state index in [1.807, 2.05) is 65.2 Å². The van der Waals surface area contributed by atoms with E-state index in [-0.39, 0.29) is 18.1 Å². The highest BCUT2D eigenvalue weighted by molar-refractivity contribution is 5.92. The first-order valence-electron chi connectivity index (χ1n) is 9.80. The number of likely N-dealkylation sites (tertiary alicyclic amines) is 1. The van der Waals surface area contributed by atoms with Crippen molar-refractivity contribution in [3.8, 4) is 0 Å². The number of fused-ring (bicyclic) bond motifs is 1. The molecule has 2 aromatic carbocycles. The summed E-state index contributed by atoms with van der Waals surface area (Å²) in [5.74, 6) is 0.232. The Kier molecular flexibility index (Phi) is 5.30. The van der Waals surface area contributed by atoms with Crippen molar-refractivity contribution < 1.29 is 9.90 Å². The number of hydrogen-bond donors (Lipinski definition) is 2. The van der Waals surface area contributed by atoms with Gasteiger partial charge in [0.1, 0.15) is 0 Å². The first kappa shape index (κ1) is 18.5. The van der Waals surface area contributed by atoms with Crippen LogP contribution >= 0.6 is 0 Å². The first-order chi connectivity index (χ1) is 13.6. The number of piperidine rings is 1. The van der Waals surface area contributed by atoms with Crippen LogP contribution in [0.4, 0.5) is 10.5 Å². The third-order valence-corrected chi connectivity index (χ3v) is 5.66. The summed E-state index contributed by atoms with van der Waals surface area (Å²) in [6.45, 7) is 1.33. The largest absolute Gasteiger partial charge is 0.392 e. The van der Waals surface area contributed by atoms with Crippen LogP contribution < -0.4 is 5.32 Å². The van der Waals surface area contributed by atoms with Gasteiger partial charge >= 0.3 is 6.03 Å². The summed E-state index contributed by atoms with van der Waals surface area (Å²) in [6, 6.07) is 15.8. The summed E-state index contributed by atoms with van der Waals surface area (Å²) in [4.78, 5) is 14.4. The number of hydrogen-bond acceptors (Lipinski definition) is 3. The standard InChI is InChI=1S/C22H26N4O2/c1-25-20-8-7-19(14-18(20)15-23-25)24-22(28)26-11-9-17(10-12-26)21(27)13-16-5-3-2-4-6-16/h2-8,14-15,17,21,27H,9-13H2,1H3,(H,24,28)/t21-/m0/s1. The van der Waals surface area contributed by atoms with E-state index in [9.17, 15) is 9.90 Å². The fourth-order valence-corrected chi connectivity index (χ4v) is 3.95. The fraction of sp³-hybridized carbons (Fsp3) is 0.364. The van der Waals surface area contributed by atoms with E-state index < -0.39 is 0 Å². The maximum atomic E-state index is 12.6. The Hall–Kier alpha value is -2.86. The second-order valence-corrected chi connectivity index (χ2v) is 7.55. The van der Waals surface area contributed by atoms with Crippen molar-refractivity contribution >= 4 is 22.6 Å². The molecule has 3 aromatic rings. The van der Waals surface area contributed by atoms with E-state index >= 15 is 0 Å². The number of anilines is 1. The number of urea groups is 1. The molecule has 1 aromatic heterocycles. The van der Waals surface area contributed by atoms with Crippen LogP contribution in [0.3, 0.4) is 0 Å². The third kappa shape index (κ3) is 4.02. The van der Waals surface area contributed by atoms with E-state index in [0.717, 1.165) is 35.0 Å². The summed E-state index contributed by atoms with van der Waals surface area (Å²) in [6.07, 6.45) is 3.75. The summed E-state index contributed by atoms with van der Waals surface area (Å²) < 4.78 is 1.81. The Bertz CT molecular complexity index is 946. The predicted octanol–water partition coefficient (Wildman–Crippen LogP) is 3.42. The molecule has 2 N–H and O–H groups in total. The van der Waals surface area contributed by atoms with Crippen molar-refractivity contribution in [1.82, 2.24) is 14.7 Å². The first-order valence-corrected chi connectivity index (χ1v) is 9.80. The highest BCUT2D eigenvalue weighted by atomic mass is 16.3. The van der Waals surface area contributed by atoms with E-state index in [0.29, 0.717) is 19.5 Å². The lowest BCUT2D eigenvalue weighted by atomic mass is 9.88. The second-order valence-electron chi connectivity index (χ2n) is 7.55. The lowest BCUT2D eigenvalue weighted by molar-refractivity contribution is 0.0689. The Morgan fingerprint density at radius 2 is 1.96 bits per heavy atom. The Balaban J connectivity index is 1.30. The molecule has 1 fully saturated rings. The number of aryl methyl sites for hydroxylation is 1. The second kappa shape index (κ2) is 8.02.